The molecular weight excluding hydrogens is 445 g/mol. The number of hydrogen-bond acceptors (Lipinski definition) is 2. The molecule has 2 nitrogen and oxygen atoms in total. The van der Waals surface area contributed by atoms with Crippen molar-refractivity contribution in [2.24, 2.45) is 4.99 Å². The molecule has 4 aromatic carbocycles. The molecule has 4 rings (SSSR count). The normalized spacial score (nSPS) is 12.3. The first-order valence-corrected chi connectivity index (χ1v) is 13.1. The summed E-state index contributed by atoms with van der Waals surface area (Å²) in [7, 11) is 0.563. The number of nitrogens with zero attached hydrogens (tertiary/aromatic N) is 1. The number of aliphatic imine (C=N–C) groups is 1. The third kappa shape index (κ3) is 6.08. The van der Waals surface area contributed by atoms with Crippen LogP contribution in [-0.2, 0) is 11.8 Å². The predicted molar refractivity (Wildman–Crippen MR) is 152 cm³/mol. The van der Waals surface area contributed by atoms with Crippen molar-refractivity contribution in [2.45, 2.75) is 46.4 Å². The highest BCUT2D eigenvalue weighted by atomic mass is 31.1. The third-order valence-electron chi connectivity index (χ3n) is 6.26. The van der Waals surface area contributed by atoms with Crippen molar-refractivity contribution >= 4 is 25.3 Å². The van der Waals surface area contributed by atoms with Gasteiger partial charge in [-0.3, -0.25) is 4.99 Å². The lowest BCUT2D eigenvalue weighted by atomic mass is 9.98. The zero-order valence-electron chi connectivity index (χ0n) is 21.3. The smallest absolute Gasteiger partial charge is 0.126 e. The molecule has 0 amide bonds. The van der Waals surface area contributed by atoms with Gasteiger partial charge in [-0.15, -0.1) is 0 Å². The van der Waals surface area contributed by atoms with Gasteiger partial charge in [0.15, 0.2) is 0 Å². The average Bonchev–Trinajstić information content (AvgIpc) is 2.85. The first-order valence-electron chi connectivity index (χ1n) is 12.1. The Balaban J connectivity index is 1.67. The lowest BCUT2D eigenvalue weighted by Crippen LogP contribution is -2.21. The Morgan fingerprint density at radius 3 is 2.11 bits per heavy atom. The van der Waals surface area contributed by atoms with Crippen LogP contribution in [0, 0.1) is 13.8 Å². The van der Waals surface area contributed by atoms with Crippen LogP contribution in [0.3, 0.4) is 0 Å². The number of benzene rings is 4. The largest absolute Gasteiger partial charge is 0.488 e. The molecule has 35 heavy (non-hydrogen) atoms. The summed E-state index contributed by atoms with van der Waals surface area (Å²) in [6.07, 6.45) is 0. The molecule has 0 spiro atoms. The van der Waals surface area contributed by atoms with Gasteiger partial charge in [-0.05, 0) is 54.9 Å². The molecule has 0 aliphatic carbocycles. The van der Waals surface area contributed by atoms with E-state index in [1.54, 1.807) is 0 Å². The molecule has 0 fully saturated rings. The van der Waals surface area contributed by atoms with Crippen molar-refractivity contribution in [3.8, 4) is 5.75 Å². The first kappa shape index (κ1) is 24.9. The van der Waals surface area contributed by atoms with Crippen LogP contribution in [0.15, 0.2) is 102 Å². The van der Waals surface area contributed by atoms with E-state index in [0.717, 1.165) is 17.1 Å². The van der Waals surface area contributed by atoms with Crippen molar-refractivity contribution in [3.63, 3.8) is 0 Å². The van der Waals surface area contributed by atoms with E-state index in [2.05, 4.69) is 95.3 Å². The quantitative estimate of drug-likeness (QED) is 0.184. The number of ether oxygens (including phenoxy) is 1. The third-order valence-corrected chi connectivity index (χ3v) is 8.07. The maximum absolute atomic E-state index is 6.45. The van der Waals surface area contributed by atoms with E-state index in [1.807, 2.05) is 36.4 Å². The van der Waals surface area contributed by atoms with Crippen LogP contribution in [0.4, 0.5) is 5.69 Å². The highest BCUT2D eigenvalue weighted by Crippen LogP contribution is 2.46. The van der Waals surface area contributed by atoms with Crippen LogP contribution in [0.25, 0.3) is 0 Å². The second-order valence-electron chi connectivity index (χ2n) is 9.51. The number of hydrogen-bond donors (Lipinski definition) is 0. The SMILES string of the molecule is CC(=Nc1ccccc1)c1cccc(C)c1PC(C)(C)c1cccc(C)c1OCc1ccccc1. The van der Waals surface area contributed by atoms with Crippen molar-refractivity contribution in [3.05, 3.63) is 125 Å². The van der Waals surface area contributed by atoms with E-state index < -0.39 is 0 Å². The lowest BCUT2D eigenvalue weighted by Gasteiger charge is -2.30. The monoisotopic (exact) mass is 479 g/mol. The standard InChI is InChI=1S/C32H34NOP/c1-23-14-13-21-29(30(23)34-22-26-16-8-6-9-17-26)32(4,5)35-31-24(2)15-12-20-28(31)25(3)33-27-18-10-7-11-19-27/h6-21,35H,22H2,1-5H3. The van der Waals surface area contributed by atoms with Gasteiger partial charge in [-0.25, -0.2) is 0 Å². The highest BCUT2D eigenvalue weighted by Gasteiger charge is 2.28. The Kier molecular flexibility index (Phi) is 7.83. The van der Waals surface area contributed by atoms with Gasteiger partial charge in [-0.1, -0.05) is 107 Å². The predicted octanol–water partition coefficient (Wildman–Crippen LogP) is 8.26. The van der Waals surface area contributed by atoms with Crippen LogP contribution in [-0.4, -0.2) is 5.71 Å². The molecule has 4 aromatic rings. The van der Waals surface area contributed by atoms with E-state index in [0.29, 0.717) is 15.2 Å². The van der Waals surface area contributed by atoms with Crippen LogP contribution in [0.5, 0.6) is 5.75 Å². The van der Waals surface area contributed by atoms with Crippen molar-refractivity contribution < 1.29 is 4.74 Å². The first-order chi connectivity index (χ1) is 16.8. The fraction of sp³-hybridized carbons (Fsp3) is 0.219. The zero-order valence-corrected chi connectivity index (χ0v) is 22.3. The van der Waals surface area contributed by atoms with E-state index in [9.17, 15) is 0 Å². The summed E-state index contributed by atoms with van der Waals surface area (Å²) in [5, 5.41) is 1.26. The highest BCUT2D eigenvalue weighted by molar-refractivity contribution is 7.48. The van der Waals surface area contributed by atoms with Gasteiger partial charge < -0.3 is 4.74 Å². The molecule has 0 aromatic heterocycles. The number of rotatable bonds is 8. The summed E-state index contributed by atoms with van der Waals surface area (Å²) in [6, 6.07) is 33.6. The molecule has 0 aliphatic heterocycles. The van der Waals surface area contributed by atoms with Gasteiger partial charge >= 0.3 is 0 Å². The summed E-state index contributed by atoms with van der Waals surface area (Å²) < 4.78 is 6.45. The maximum Gasteiger partial charge on any atom is 0.126 e. The van der Waals surface area contributed by atoms with Gasteiger partial charge in [0, 0.05) is 22.0 Å². The summed E-state index contributed by atoms with van der Waals surface area (Å²) in [5.74, 6) is 0.999. The second-order valence-corrected chi connectivity index (χ2v) is 11.5. The molecule has 1 atom stereocenters. The Labute approximate surface area is 211 Å². The molecular formula is C32H34NOP. The minimum atomic E-state index is -0.105. The molecule has 1 unspecified atom stereocenters. The second kappa shape index (κ2) is 11.0. The Hall–Kier alpha value is -3.22. The fourth-order valence-electron chi connectivity index (χ4n) is 4.34. The molecule has 0 saturated heterocycles. The summed E-state index contributed by atoms with van der Waals surface area (Å²) >= 11 is 0. The van der Waals surface area contributed by atoms with Crippen LogP contribution >= 0.6 is 8.58 Å². The Morgan fingerprint density at radius 1 is 0.771 bits per heavy atom. The van der Waals surface area contributed by atoms with Gasteiger partial charge in [0.1, 0.15) is 12.4 Å². The van der Waals surface area contributed by atoms with E-state index in [1.165, 1.54) is 33.1 Å². The summed E-state index contributed by atoms with van der Waals surface area (Å²) in [4.78, 5) is 4.92. The maximum atomic E-state index is 6.45. The molecule has 3 heteroatoms. The molecule has 0 N–H and O–H groups in total. The average molecular weight is 480 g/mol. The van der Waals surface area contributed by atoms with E-state index in [-0.39, 0.29) is 5.16 Å². The van der Waals surface area contributed by atoms with Gasteiger partial charge in [0.05, 0.1) is 5.69 Å². The summed E-state index contributed by atoms with van der Waals surface area (Å²) in [6.45, 7) is 11.7. The van der Waals surface area contributed by atoms with Crippen molar-refractivity contribution in [2.75, 3.05) is 0 Å². The minimum Gasteiger partial charge on any atom is -0.488 e. The van der Waals surface area contributed by atoms with Crippen LogP contribution < -0.4 is 10.0 Å². The van der Waals surface area contributed by atoms with Crippen molar-refractivity contribution in [1.82, 2.24) is 0 Å². The van der Waals surface area contributed by atoms with Gasteiger partial charge in [0.25, 0.3) is 0 Å². The van der Waals surface area contributed by atoms with Crippen LogP contribution in [0.2, 0.25) is 0 Å². The Morgan fingerprint density at radius 2 is 1.40 bits per heavy atom. The van der Waals surface area contributed by atoms with Crippen LogP contribution in [0.1, 0.15) is 48.6 Å². The molecule has 0 aliphatic rings. The Bertz CT molecular complexity index is 1310. The lowest BCUT2D eigenvalue weighted by molar-refractivity contribution is 0.298. The molecule has 0 heterocycles. The van der Waals surface area contributed by atoms with Gasteiger partial charge in [-0.2, -0.15) is 0 Å². The van der Waals surface area contributed by atoms with E-state index in [4.69, 9.17) is 9.73 Å². The fourth-order valence-corrected chi connectivity index (χ4v) is 5.97. The summed E-state index contributed by atoms with van der Waals surface area (Å²) in [5.41, 5.74) is 8.14. The van der Waals surface area contributed by atoms with Crippen molar-refractivity contribution in [1.29, 1.82) is 0 Å². The minimum absolute atomic E-state index is 0.105. The molecule has 0 saturated carbocycles. The molecule has 178 valence electrons. The van der Waals surface area contributed by atoms with Gasteiger partial charge in [0.2, 0.25) is 0 Å². The number of para-hydroxylation sites is 2. The van der Waals surface area contributed by atoms with E-state index >= 15 is 0 Å². The molecule has 0 radical (unpaired) electrons. The topological polar surface area (TPSA) is 21.6 Å². The zero-order chi connectivity index (χ0) is 24.8. The molecule has 0 bridgehead atoms. The number of aryl methyl sites for hydroxylation is 2.